The SMILES string of the molecule is COc1cccc(C(N/C=C(/N)C=N)C2(OC)CN(C(=O)OC(C)(C)C)C2)c1. The van der Waals surface area contributed by atoms with Gasteiger partial charge in [0.1, 0.15) is 17.0 Å². The van der Waals surface area contributed by atoms with Gasteiger partial charge >= 0.3 is 6.09 Å². The van der Waals surface area contributed by atoms with Crippen molar-refractivity contribution in [3.8, 4) is 5.75 Å². The van der Waals surface area contributed by atoms with E-state index in [-0.39, 0.29) is 17.8 Å². The van der Waals surface area contributed by atoms with E-state index in [4.69, 9.17) is 25.4 Å². The second-order valence-electron chi connectivity index (χ2n) is 7.77. The number of hydrogen-bond acceptors (Lipinski definition) is 7. The lowest BCUT2D eigenvalue weighted by atomic mass is 9.81. The lowest BCUT2D eigenvalue weighted by Gasteiger charge is -2.52. The van der Waals surface area contributed by atoms with E-state index in [1.54, 1.807) is 25.3 Å². The fraction of sp³-hybridized carbons (Fsp3) is 0.500. The van der Waals surface area contributed by atoms with Crippen molar-refractivity contribution in [3.63, 3.8) is 0 Å². The summed E-state index contributed by atoms with van der Waals surface area (Å²) in [7, 11) is 3.22. The first-order valence-corrected chi connectivity index (χ1v) is 9.03. The van der Waals surface area contributed by atoms with Gasteiger partial charge in [-0.2, -0.15) is 0 Å². The van der Waals surface area contributed by atoms with Gasteiger partial charge in [0.2, 0.25) is 0 Å². The molecule has 1 aliphatic heterocycles. The predicted octanol–water partition coefficient (Wildman–Crippen LogP) is 2.41. The summed E-state index contributed by atoms with van der Waals surface area (Å²) in [6.07, 6.45) is 2.25. The molecular formula is C20H30N4O4. The van der Waals surface area contributed by atoms with Crippen LogP contribution in [-0.2, 0) is 9.47 Å². The Morgan fingerprint density at radius 2 is 2.04 bits per heavy atom. The monoisotopic (exact) mass is 390 g/mol. The highest BCUT2D eigenvalue weighted by Crippen LogP contribution is 2.38. The van der Waals surface area contributed by atoms with Crippen LogP contribution in [-0.4, -0.2) is 55.7 Å². The summed E-state index contributed by atoms with van der Waals surface area (Å²) in [6, 6.07) is 7.29. The summed E-state index contributed by atoms with van der Waals surface area (Å²) in [5.41, 5.74) is 5.71. The highest BCUT2D eigenvalue weighted by atomic mass is 16.6. The summed E-state index contributed by atoms with van der Waals surface area (Å²) in [6.45, 7) is 6.20. The summed E-state index contributed by atoms with van der Waals surface area (Å²) >= 11 is 0. The number of ether oxygens (including phenoxy) is 3. The molecule has 1 aromatic rings. The molecule has 154 valence electrons. The Labute approximate surface area is 166 Å². The summed E-state index contributed by atoms with van der Waals surface area (Å²) in [4.78, 5) is 14.0. The molecule has 0 bridgehead atoms. The third-order valence-corrected chi connectivity index (χ3v) is 4.51. The van der Waals surface area contributed by atoms with Crippen LogP contribution >= 0.6 is 0 Å². The first-order chi connectivity index (χ1) is 13.1. The van der Waals surface area contributed by atoms with E-state index in [1.807, 2.05) is 45.0 Å². The molecule has 1 amide bonds. The van der Waals surface area contributed by atoms with E-state index in [2.05, 4.69) is 5.32 Å². The number of carbonyl (C=O) groups excluding carboxylic acids is 1. The highest BCUT2D eigenvalue weighted by molar-refractivity contribution is 5.74. The Morgan fingerprint density at radius 3 is 2.57 bits per heavy atom. The molecular weight excluding hydrogens is 360 g/mol. The van der Waals surface area contributed by atoms with E-state index in [0.717, 1.165) is 11.8 Å². The first kappa shape index (κ1) is 21.6. The molecule has 1 aliphatic rings. The van der Waals surface area contributed by atoms with E-state index in [1.165, 1.54) is 0 Å². The van der Waals surface area contributed by atoms with Crippen LogP contribution < -0.4 is 15.8 Å². The lowest BCUT2D eigenvalue weighted by molar-refractivity contribution is -0.139. The molecule has 1 saturated heterocycles. The van der Waals surface area contributed by atoms with Gasteiger partial charge in [0, 0.05) is 19.5 Å². The predicted molar refractivity (Wildman–Crippen MR) is 107 cm³/mol. The van der Waals surface area contributed by atoms with Gasteiger partial charge in [-0.3, -0.25) is 0 Å². The van der Waals surface area contributed by atoms with Crippen LogP contribution in [0.1, 0.15) is 32.4 Å². The number of allylic oxidation sites excluding steroid dienone is 1. The van der Waals surface area contributed by atoms with E-state index in [0.29, 0.717) is 18.8 Å². The zero-order valence-electron chi connectivity index (χ0n) is 17.1. The van der Waals surface area contributed by atoms with Crippen molar-refractivity contribution in [3.05, 3.63) is 41.7 Å². The van der Waals surface area contributed by atoms with Crippen LogP contribution in [0.5, 0.6) is 5.75 Å². The number of nitrogens with zero attached hydrogens (tertiary/aromatic N) is 1. The summed E-state index contributed by atoms with van der Waals surface area (Å²) in [5.74, 6) is 0.711. The van der Waals surface area contributed by atoms with Crippen LogP contribution in [0.15, 0.2) is 36.2 Å². The van der Waals surface area contributed by atoms with E-state index >= 15 is 0 Å². The fourth-order valence-corrected chi connectivity index (χ4v) is 3.08. The Bertz CT molecular complexity index is 736. The third kappa shape index (κ3) is 4.95. The number of nitrogens with one attached hydrogen (secondary N) is 2. The number of rotatable bonds is 7. The molecule has 0 aromatic heterocycles. The molecule has 8 nitrogen and oxygen atoms in total. The molecule has 1 unspecified atom stereocenters. The molecule has 4 N–H and O–H groups in total. The van der Waals surface area contributed by atoms with Gasteiger partial charge in [-0.1, -0.05) is 12.1 Å². The molecule has 0 saturated carbocycles. The Morgan fingerprint density at radius 1 is 1.36 bits per heavy atom. The molecule has 2 rings (SSSR count). The van der Waals surface area contributed by atoms with Gasteiger partial charge in [-0.15, -0.1) is 0 Å². The van der Waals surface area contributed by atoms with Crippen LogP contribution in [0, 0.1) is 5.41 Å². The highest BCUT2D eigenvalue weighted by Gasteiger charge is 2.52. The number of carbonyl (C=O) groups is 1. The van der Waals surface area contributed by atoms with Gasteiger partial charge in [0.25, 0.3) is 0 Å². The van der Waals surface area contributed by atoms with Crippen molar-refractivity contribution >= 4 is 12.3 Å². The van der Waals surface area contributed by atoms with Gasteiger partial charge in [-0.05, 0) is 38.5 Å². The van der Waals surface area contributed by atoms with Gasteiger partial charge in [0.15, 0.2) is 0 Å². The number of benzene rings is 1. The van der Waals surface area contributed by atoms with Crippen molar-refractivity contribution in [1.82, 2.24) is 10.2 Å². The van der Waals surface area contributed by atoms with Crippen molar-refractivity contribution < 1.29 is 19.0 Å². The fourth-order valence-electron chi connectivity index (χ4n) is 3.08. The van der Waals surface area contributed by atoms with Crippen molar-refractivity contribution in [2.45, 2.75) is 38.0 Å². The number of nitrogens with two attached hydrogens (primary N) is 1. The van der Waals surface area contributed by atoms with Gasteiger partial charge in [-0.25, -0.2) is 4.79 Å². The normalized spacial score (nSPS) is 17.3. The Hall–Kier alpha value is -2.74. The summed E-state index contributed by atoms with van der Waals surface area (Å²) in [5, 5.41) is 10.5. The van der Waals surface area contributed by atoms with Crippen LogP contribution in [0.4, 0.5) is 4.79 Å². The molecule has 0 spiro atoms. The lowest BCUT2D eigenvalue weighted by Crippen LogP contribution is -2.69. The molecule has 1 atom stereocenters. The molecule has 0 aliphatic carbocycles. The minimum atomic E-state index is -0.678. The van der Waals surface area contributed by atoms with Crippen LogP contribution in [0.2, 0.25) is 0 Å². The van der Waals surface area contributed by atoms with Crippen molar-refractivity contribution in [2.75, 3.05) is 27.3 Å². The third-order valence-electron chi connectivity index (χ3n) is 4.51. The maximum Gasteiger partial charge on any atom is 0.410 e. The maximum atomic E-state index is 12.4. The Kier molecular flexibility index (Phi) is 6.56. The largest absolute Gasteiger partial charge is 0.497 e. The molecule has 28 heavy (non-hydrogen) atoms. The number of likely N-dealkylation sites (tertiary alicyclic amines) is 1. The second kappa shape index (κ2) is 8.52. The number of hydrogen-bond donors (Lipinski definition) is 3. The maximum absolute atomic E-state index is 12.4. The minimum absolute atomic E-state index is 0.280. The zero-order valence-corrected chi connectivity index (χ0v) is 17.1. The summed E-state index contributed by atoms with van der Waals surface area (Å²) < 4.78 is 16.6. The smallest absolute Gasteiger partial charge is 0.410 e. The molecule has 1 heterocycles. The average molecular weight is 390 g/mol. The van der Waals surface area contributed by atoms with Gasteiger partial charge < -0.3 is 35.6 Å². The topological polar surface area (TPSA) is 110 Å². The Balaban J connectivity index is 2.28. The molecule has 8 heteroatoms. The van der Waals surface area contributed by atoms with Crippen molar-refractivity contribution in [2.24, 2.45) is 5.73 Å². The van der Waals surface area contributed by atoms with E-state index < -0.39 is 11.2 Å². The van der Waals surface area contributed by atoms with Crippen molar-refractivity contribution in [1.29, 1.82) is 5.41 Å². The average Bonchev–Trinajstić information content (AvgIpc) is 2.61. The number of amides is 1. The van der Waals surface area contributed by atoms with E-state index in [9.17, 15) is 4.79 Å². The zero-order chi connectivity index (χ0) is 20.9. The molecule has 1 fully saturated rings. The second-order valence-corrected chi connectivity index (χ2v) is 7.77. The van der Waals surface area contributed by atoms with Crippen LogP contribution in [0.25, 0.3) is 0 Å². The quantitative estimate of drug-likeness (QED) is 0.617. The first-order valence-electron chi connectivity index (χ1n) is 9.03. The number of methoxy groups -OCH3 is 2. The minimum Gasteiger partial charge on any atom is -0.497 e. The standard InChI is InChI=1S/C20H30N4O4/c1-19(2,3)28-18(25)24-12-20(13-24,27-5)17(23-11-15(22)10-21)14-7-6-8-16(9-14)26-4/h6-11,17,21,23H,12-13,22H2,1-5H3/b15-11+,21-10?. The van der Waals surface area contributed by atoms with Crippen LogP contribution in [0.3, 0.4) is 0 Å². The van der Waals surface area contributed by atoms with Gasteiger partial charge in [0.05, 0.1) is 31.9 Å². The molecule has 0 radical (unpaired) electrons. The molecule has 1 aromatic carbocycles.